The molecule has 0 amide bonds. The minimum absolute atomic E-state index is 0.117. The fourth-order valence-electron chi connectivity index (χ4n) is 2.85. The molecule has 18 heavy (non-hydrogen) atoms. The Morgan fingerprint density at radius 3 is 2.72 bits per heavy atom. The lowest BCUT2D eigenvalue weighted by molar-refractivity contribution is 0.443. The number of rotatable bonds is 4. The van der Waals surface area contributed by atoms with E-state index in [9.17, 15) is 8.78 Å². The van der Waals surface area contributed by atoms with Crippen LogP contribution in [-0.2, 0) is 0 Å². The van der Waals surface area contributed by atoms with Gasteiger partial charge in [0.2, 0.25) is 0 Å². The van der Waals surface area contributed by atoms with Crippen LogP contribution in [0, 0.1) is 18.6 Å². The zero-order valence-electron chi connectivity index (χ0n) is 11.1. The SMILES string of the molecule is CCCNC1CCCC1c1ccc(C)c(F)c1F. The number of halogens is 2. The average Bonchev–Trinajstić information content (AvgIpc) is 2.82. The van der Waals surface area contributed by atoms with Gasteiger partial charge in [0.25, 0.3) is 0 Å². The zero-order valence-corrected chi connectivity index (χ0v) is 11.1. The molecule has 3 heteroatoms. The molecule has 0 bridgehead atoms. The average molecular weight is 253 g/mol. The van der Waals surface area contributed by atoms with E-state index in [-0.39, 0.29) is 5.92 Å². The van der Waals surface area contributed by atoms with Crippen LogP contribution in [0.1, 0.15) is 49.7 Å². The minimum Gasteiger partial charge on any atom is -0.313 e. The molecule has 0 aromatic heterocycles. The van der Waals surface area contributed by atoms with Crippen molar-refractivity contribution in [1.29, 1.82) is 0 Å². The maximum Gasteiger partial charge on any atom is 0.162 e. The Bertz CT molecular complexity index is 417. The predicted octanol–water partition coefficient (Wildman–Crippen LogP) is 3.91. The highest BCUT2D eigenvalue weighted by Gasteiger charge is 2.31. The van der Waals surface area contributed by atoms with Gasteiger partial charge in [-0.25, -0.2) is 8.78 Å². The molecule has 1 N–H and O–H groups in total. The normalized spacial score (nSPS) is 23.6. The van der Waals surface area contributed by atoms with Crippen LogP contribution in [0.15, 0.2) is 12.1 Å². The van der Waals surface area contributed by atoms with E-state index in [0.717, 1.165) is 32.2 Å². The van der Waals surface area contributed by atoms with Gasteiger partial charge in [-0.15, -0.1) is 0 Å². The van der Waals surface area contributed by atoms with Gasteiger partial charge in [-0.3, -0.25) is 0 Å². The summed E-state index contributed by atoms with van der Waals surface area (Å²) >= 11 is 0. The van der Waals surface area contributed by atoms with Crippen molar-refractivity contribution in [3.8, 4) is 0 Å². The first-order valence-corrected chi connectivity index (χ1v) is 6.83. The van der Waals surface area contributed by atoms with Crippen molar-refractivity contribution in [3.63, 3.8) is 0 Å². The van der Waals surface area contributed by atoms with E-state index in [1.54, 1.807) is 19.1 Å². The summed E-state index contributed by atoms with van der Waals surface area (Å²) in [5.74, 6) is -1.22. The summed E-state index contributed by atoms with van der Waals surface area (Å²) in [6.45, 7) is 4.66. The molecule has 1 aromatic carbocycles. The molecule has 1 saturated carbocycles. The molecule has 0 heterocycles. The third kappa shape index (κ3) is 2.56. The second kappa shape index (κ2) is 5.79. The van der Waals surface area contributed by atoms with Crippen molar-refractivity contribution >= 4 is 0 Å². The van der Waals surface area contributed by atoms with E-state index in [1.807, 2.05) is 0 Å². The molecule has 1 nitrogen and oxygen atoms in total. The van der Waals surface area contributed by atoms with Crippen LogP contribution in [0.5, 0.6) is 0 Å². The van der Waals surface area contributed by atoms with Crippen molar-refractivity contribution in [2.45, 2.75) is 51.5 Å². The molecular formula is C15H21F2N. The predicted molar refractivity (Wildman–Crippen MR) is 69.8 cm³/mol. The van der Waals surface area contributed by atoms with Gasteiger partial charge in [-0.1, -0.05) is 25.5 Å². The number of hydrogen-bond acceptors (Lipinski definition) is 1. The summed E-state index contributed by atoms with van der Waals surface area (Å²) in [6.07, 6.45) is 4.15. The molecule has 2 unspecified atom stereocenters. The highest BCUT2D eigenvalue weighted by molar-refractivity contribution is 5.30. The third-order valence-electron chi connectivity index (χ3n) is 3.88. The Balaban J connectivity index is 2.22. The number of benzene rings is 1. The standard InChI is InChI=1S/C15H21F2N/c1-3-9-18-13-6-4-5-11(13)12-8-7-10(2)14(16)15(12)17/h7-8,11,13,18H,3-6,9H2,1-2H3. The molecular weight excluding hydrogens is 232 g/mol. The van der Waals surface area contributed by atoms with E-state index in [0.29, 0.717) is 17.2 Å². The maximum absolute atomic E-state index is 14.0. The Kier molecular flexibility index (Phi) is 4.33. The molecule has 1 aliphatic rings. The van der Waals surface area contributed by atoms with Crippen LogP contribution in [0.4, 0.5) is 8.78 Å². The van der Waals surface area contributed by atoms with Crippen LogP contribution in [0.3, 0.4) is 0 Å². The van der Waals surface area contributed by atoms with Crippen LogP contribution in [0.25, 0.3) is 0 Å². The van der Waals surface area contributed by atoms with Gasteiger partial charge in [0.05, 0.1) is 0 Å². The Morgan fingerprint density at radius 1 is 1.22 bits per heavy atom. The van der Waals surface area contributed by atoms with Gasteiger partial charge in [0, 0.05) is 12.0 Å². The topological polar surface area (TPSA) is 12.0 Å². The van der Waals surface area contributed by atoms with Crippen molar-refractivity contribution in [1.82, 2.24) is 5.32 Å². The first-order chi connectivity index (χ1) is 8.65. The quantitative estimate of drug-likeness (QED) is 0.858. The largest absolute Gasteiger partial charge is 0.313 e. The summed E-state index contributed by atoms with van der Waals surface area (Å²) in [7, 11) is 0. The highest BCUT2D eigenvalue weighted by atomic mass is 19.2. The van der Waals surface area contributed by atoms with Crippen molar-refractivity contribution < 1.29 is 8.78 Å². The first-order valence-electron chi connectivity index (χ1n) is 6.83. The molecule has 0 spiro atoms. The monoisotopic (exact) mass is 253 g/mol. The minimum atomic E-state index is -0.686. The Hall–Kier alpha value is -0.960. The molecule has 2 rings (SSSR count). The fraction of sp³-hybridized carbons (Fsp3) is 0.600. The molecule has 100 valence electrons. The van der Waals surface area contributed by atoms with E-state index < -0.39 is 11.6 Å². The second-order valence-electron chi connectivity index (χ2n) is 5.20. The van der Waals surface area contributed by atoms with Gasteiger partial charge in [-0.05, 0) is 43.9 Å². The lowest BCUT2D eigenvalue weighted by Crippen LogP contribution is -2.32. The van der Waals surface area contributed by atoms with Gasteiger partial charge in [0.15, 0.2) is 11.6 Å². The summed E-state index contributed by atoms with van der Waals surface area (Å²) < 4.78 is 27.6. The second-order valence-corrected chi connectivity index (χ2v) is 5.20. The smallest absolute Gasteiger partial charge is 0.162 e. The molecule has 0 saturated heterocycles. The van der Waals surface area contributed by atoms with Crippen LogP contribution in [0.2, 0.25) is 0 Å². The number of hydrogen-bond donors (Lipinski definition) is 1. The van der Waals surface area contributed by atoms with Crippen molar-refractivity contribution in [2.75, 3.05) is 6.54 Å². The van der Waals surface area contributed by atoms with Crippen LogP contribution >= 0.6 is 0 Å². The highest BCUT2D eigenvalue weighted by Crippen LogP contribution is 2.36. The van der Waals surface area contributed by atoms with Crippen molar-refractivity contribution in [2.24, 2.45) is 0 Å². The summed E-state index contributed by atoms with van der Waals surface area (Å²) in [6, 6.07) is 3.73. The van der Waals surface area contributed by atoms with E-state index in [2.05, 4.69) is 12.2 Å². The zero-order chi connectivity index (χ0) is 13.1. The van der Waals surface area contributed by atoms with Crippen LogP contribution in [-0.4, -0.2) is 12.6 Å². The third-order valence-corrected chi connectivity index (χ3v) is 3.88. The first kappa shape index (κ1) is 13.5. The molecule has 1 aromatic rings. The number of nitrogens with one attached hydrogen (secondary N) is 1. The summed E-state index contributed by atoms with van der Waals surface area (Å²) in [4.78, 5) is 0. The van der Waals surface area contributed by atoms with Gasteiger partial charge in [0.1, 0.15) is 0 Å². The molecule has 2 atom stereocenters. The van der Waals surface area contributed by atoms with E-state index in [1.165, 1.54) is 0 Å². The number of aryl methyl sites for hydroxylation is 1. The maximum atomic E-state index is 14.0. The summed E-state index contributed by atoms with van der Waals surface area (Å²) in [5, 5.41) is 3.45. The van der Waals surface area contributed by atoms with Gasteiger partial charge >= 0.3 is 0 Å². The van der Waals surface area contributed by atoms with Crippen molar-refractivity contribution in [3.05, 3.63) is 34.9 Å². The fourth-order valence-corrected chi connectivity index (χ4v) is 2.85. The Morgan fingerprint density at radius 2 is 2.00 bits per heavy atom. The van der Waals surface area contributed by atoms with Gasteiger partial charge in [-0.2, -0.15) is 0 Å². The Labute approximate surface area is 108 Å². The molecule has 0 aliphatic heterocycles. The lowest BCUT2D eigenvalue weighted by atomic mass is 9.92. The van der Waals surface area contributed by atoms with Gasteiger partial charge < -0.3 is 5.32 Å². The molecule has 1 aliphatic carbocycles. The molecule has 0 radical (unpaired) electrons. The lowest BCUT2D eigenvalue weighted by Gasteiger charge is -2.22. The molecule has 1 fully saturated rings. The van der Waals surface area contributed by atoms with E-state index >= 15 is 0 Å². The van der Waals surface area contributed by atoms with E-state index in [4.69, 9.17) is 0 Å². The summed E-state index contributed by atoms with van der Waals surface area (Å²) in [5.41, 5.74) is 0.927. The van der Waals surface area contributed by atoms with Crippen LogP contribution < -0.4 is 5.32 Å².